The lowest BCUT2D eigenvalue weighted by Crippen LogP contribution is -2.46. The number of benzene rings is 2. The van der Waals surface area contributed by atoms with E-state index in [1.165, 1.54) is 6.07 Å². The molecule has 0 aliphatic carbocycles. The summed E-state index contributed by atoms with van der Waals surface area (Å²) in [5, 5.41) is 2.20. The van der Waals surface area contributed by atoms with Crippen molar-refractivity contribution in [2.45, 2.75) is 25.5 Å². The second-order valence-electron chi connectivity index (χ2n) is 5.75. The number of esters is 1. The highest BCUT2D eigenvalue weighted by Gasteiger charge is 2.23. The lowest BCUT2D eigenvalue weighted by Gasteiger charge is -2.15. The van der Waals surface area contributed by atoms with Gasteiger partial charge in [0.2, 0.25) is 11.8 Å². The van der Waals surface area contributed by atoms with Gasteiger partial charge in [0.15, 0.2) is 0 Å². The van der Waals surface area contributed by atoms with Crippen LogP contribution in [0.5, 0.6) is 0 Å². The van der Waals surface area contributed by atoms with Crippen molar-refractivity contribution in [2.75, 3.05) is 0 Å². The third-order valence-electron chi connectivity index (χ3n) is 3.69. The zero-order valence-electron chi connectivity index (χ0n) is 14.3. The third-order valence-corrected chi connectivity index (χ3v) is 3.69. The SMILES string of the molecule is NC(=O)[C@H](CC(=O)OCc1ccccc1)NC(=O)Cc1c(F)cccc1F. The number of halogens is 2. The molecule has 142 valence electrons. The van der Waals surface area contributed by atoms with Crippen molar-refractivity contribution in [3.05, 3.63) is 71.3 Å². The maximum Gasteiger partial charge on any atom is 0.308 e. The molecule has 0 aromatic heterocycles. The molecule has 8 heteroatoms. The second-order valence-corrected chi connectivity index (χ2v) is 5.75. The van der Waals surface area contributed by atoms with Crippen LogP contribution in [0, 0.1) is 11.6 Å². The van der Waals surface area contributed by atoms with E-state index in [9.17, 15) is 23.2 Å². The molecule has 27 heavy (non-hydrogen) atoms. The van der Waals surface area contributed by atoms with Crippen LogP contribution in [0.2, 0.25) is 0 Å². The van der Waals surface area contributed by atoms with E-state index in [1.54, 1.807) is 24.3 Å². The van der Waals surface area contributed by atoms with Crippen LogP contribution >= 0.6 is 0 Å². The van der Waals surface area contributed by atoms with E-state index < -0.39 is 53.9 Å². The highest BCUT2D eigenvalue weighted by molar-refractivity contribution is 5.90. The van der Waals surface area contributed by atoms with E-state index in [0.717, 1.165) is 17.7 Å². The first kappa shape index (κ1) is 20.0. The summed E-state index contributed by atoms with van der Waals surface area (Å²) >= 11 is 0. The van der Waals surface area contributed by atoms with Gasteiger partial charge >= 0.3 is 5.97 Å². The van der Waals surface area contributed by atoms with Crippen molar-refractivity contribution in [2.24, 2.45) is 5.73 Å². The fourth-order valence-electron chi connectivity index (χ4n) is 2.29. The number of nitrogens with one attached hydrogen (secondary N) is 1. The average molecular weight is 376 g/mol. The summed E-state index contributed by atoms with van der Waals surface area (Å²) in [7, 11) is 0. The van der Waals surface area contributed by atoms with Gasteiger partial charge in [-0.2, -0.15) is 0 Å². The van der Waals surface area contributed by atoms with Crippen LogP contribution in [0.4, 0.5) is 8.78 Å². The minimum absolute atomic E-state index is 0.000457. The molecule has 2 aromatic rings. The highest BCUT2D eigenvalue weighted by atomic mass is 19.1. The predicted molar refractivity (Wildman–Crippen MR) is 92.0 cm³/mol. The summed E-state index contributed by atoms with van der Waals surface area (Å²) in [4.78, 5) is 35.3. The molecule has 6 nitrogen and oxygen atoms in total. The van der Waals surface area contributed by atoms with Gasteiger partial charge in [0.1, 0.15) is 24.3 Å². The van der Waals surface area contributed by atoms with Crippen molar-refractivity contribution in [3.63, 3.8) is 0 Å². The Balaban J connectivity index is 1.91. The molecule has 3 N–H and O–H groups in total. The highest BCUT2D eigenvalue weighted by Crippen LogP contribution is 2.13. The standard InChI is InChI=1S/C19H18F2N2O4/c20-14-7-4-8-15(21)13(14)9-17(24)23-16(19(22)26)10-18(25)27-11-12-5-2-1-3-6-12/h1-8,16H,9-11H2,(H2,22,26)(H,23,24)/t16-/m0/s1. The van der Waals surface area contributed by atoms with E-state index in [0.29, 0.717) is 0 Å². The molecule has 0 unspecified atom stereocenters. The van der Waals surface area contributed by atoms with Crippen LogP contribution < -0.4 is 11.1 Å². The first-order valence-electron chi connectivity index (χ1n) is 8.08. The maximum atomic E-state index is 13.6. The van der Waals surface area contributed by atoms with Gasteiger partial charge in [-0.1, -0.05) is 36.4 Å². The lowest BCUT2D eigenvalue weighted by molar-refractivity contribution is -0.147. The average Bonchev–Trinajstić information content (AvgIpc) is 2.63. The number of primary amides is 1. The summed E-state index contributed by atoms with van der Waals surface area (Å²) in [6.45, 7) is -0.000457. The molecule has 2 amide bonds. The molecule has 0 heterocycles. The molecule has 0 bridgehead atoms. The van der Waals surface area contributed by atoms with Crippen molar-refractivity contribution in [1.82, 2.24) is 5.32 Å². The summed E-state index contributed by atoms with van der Waals surface area (Å²) in [6.07, 6.45) is -1.13. The Morgan fingerprint density at radius 2 is 1.63 bits per heavy atom. The molecule has 0 aliphatic rings. The topological polar surface area (TPSA) is 98.5 Å². The van der Waals surface area contributed by atoms with Gasteiger partial charge in [0.25, 0.3) is 0 Å². The Labute approximate surface area is 154 Å². The minimum atomic E-state index is -1.35. The number of ether oxygens (including phenoxy) is 1. The van der Waals surface area contributed by atoms with Crippen LogP contribution in [0.25, 0.3) is 0 Å². The summed E-state index contributed by atoms with van der Waals surface area (Å²) in [6, 6.07) is 10.7. The van der Waals surface area contributed by atoms with Gasteiger partial charge in [0.05, 0.1) is 12.8 Å². The number of carbonyl (C=O) groups excluding carboxylic acids is 3. The Morgan fingerprint density at radius 3 is 2.22 bits per heavy atom. The monoisotopic (exact) mass is 376 g/mol. The van der Waals surface area contributed by atoms with Gasteiger partial charge in [-0.25, -0.2) is 8.78 Å². The molecule has 0 aliphatic heterocycles. The minimum Gasteiger partial charge on any atom is -0.461 e. The van der Waals surface area contributed by atoms with Gasteiger partial charge in [-0.05, 0) is 17.7 Å². The largest absolute Gasteiger partial charge is 0.461 e. The molecule has 0 fully saturated rings. The molecule has 0 spiro atoms. The van der Waals surface area contributed by atoms with Gasteiger partial charge in [-0.3, -0.25) is 14.4 Å². The molecule has 1 atom stereocenters. The number of amides is 2. The number of carbonyl (C=O) groups is 3. The van der Waals surface area contributed by atoms with E-state index >= 15 is 0 Å². The first-order valence-corrected chi connectivity index (χ1v) is 8.08. The Morgan fingerprint density at radius 1 is 1.00 bits per heavy atom. The summed E-state index contributed by atoms with van der Waals surface area (Å²) in [5.74, 6) is -4.33. The quantitative estimate of drug-likeness (QED) is 0.684. The van der Waals surface area contributed by atoms with Crippen molar-refractivity contribution >= 4 is 17.8 Å². The normalized spacial score (nSPS) is 11.5. The summed E-state index contributed by atoms with van der Waals surface area (Å²) in [5.41, 5.74) is 5.49. The van der Waals surface area contributed by atoms with Crippen LogP contribution in [-0.4, -0.2) is 23.8 Å². The van der Waals surface area contributed by atoms with Crippen molar-refractivity contribution in [3.8, 4) is 0 Å². The van der Waals surface area contributed by atoms with E-state index in [4.69, 9.17) is 10.5 Å². The zero-order chi connectivity index (χ0) is 19.8. The third kappa shape index (κ3) is 6.18. The molecular weight excluding hydrogens is 358 g/mol. The molecule has 2 aromatic carbocycles. The second kappa shape index (κ2) is 9.42. The first-order chi connectivity index (χ1) is 12.9. The molecule has 0 saturated carbocycles. The smallest absolute Gasteiger partial charge is 0.308 e. The number of hydrogen-bond donors (Lipinski definition) is 2. The predicted octanol–water partition coefficient (Wildman–Crippen LogP) is 1.61. The zero-order valence-corrected chi connectivity index (χ0v) is 14.3. The van der Waals surface area contributed by atoms with Gasteiger partial charge in [-0.15, -0.1) is 0 Å². The Bertz CT molecular complexity index is 807. The molecular formula is C19H18F2N2O4. The summed E-state index contributed by atoms with van der Waals surface area (Å²) < 4.78 is 32.2. The van der Waals surface area contributed by atoms with Crippen molar-refractivity contribution < 1.29 is 27.9 Å². The fraction of sp³-hybridized carbons (Fsp3) is 0.211. The van der Waals surface area contributed by atoms with Gasteiger partial charge in [0, 0.05) is 5.56 Å². The number of hydrogen-bond acceptors (Lipinski definition) is 4. The number of rotatable bonds is 8. The molecule has 2 rings (SSSR count). The Kier molecular flexibility index (Phi) is 6.99. The van der Waals surface area contributed by atoms with E-state index in [-0.39, 0.29) is 6.61 Å². The lowest BCUT2D eigenvalue weighted by atomic mass is 10.1. The van der Waals surface area contributed by atoms with E-state index in [2.05, 4.69) is 5.32 Å². The molecule has 0 radical (unpaired) electrons. The van der Waals surface area contributed by atoms with Crippen LogP contribution in [-0.2, 0) is 32.1 Å². The number of nitrogens with two attached hydrogens (primary N) is 1. The van der Waals surface area contributed by atoms with Crippen molar-refractivity contribution in [1.29, 1.82) is 0 Å². The molecule has 0 saturated heterocycles. The van der Waals surface area contributed by atoms with Crippen LogP contribution in [0.3, 0.4) is 0 Å². The van der Waals surface area contributed by atoms with Crippen LogP contribution in [0.15, 0.2) is 48.5 Å². The maximum absolute atomic E-state index is 13.6. The Hall–Kier alpha value is -3.29. The van der Waals surface area contributed by atoms with Gasteiger partial charge < -0.3 is 15.8 Å². The fourth-order valence-corrected chi connectivity index (χ4v) is 2.29. The van der Waals surface area contributed by atoms with E-state index in [1.807, 2.05) is 6.07 Å². The van der Waals surface area contributed by atoms with Crippen LogP contribution in [0.1, 0.15) is 17.5 Å².